The van der Waals surface area contributed by atoms with E-state index in [9.17, 15) is 0 Å². The highest BCUT2D eigenvalue weighted by Gasteiger charge is 2.31. The van der Waals surface area contributed by atoms with Crippen LogP contribution in [0.4, 0.5) is 0 Å². The Kier molecular flexibility index (Phi) is 9.89. The van der Waals surface area contributed by atoms with Gasteiger partial charge >= 0.3 is 0 Å². The van der Waals surface area contributed by atoms with Crippen molar-refractivity contribution in [2.24, 2.45) is 23.7 Å². The molecular formula is C43H50N2. The van der Waals surface area contributed by atoms with Crippen LogP contribution in [-0.4, -0.2) is 0 Å². The number of aryl methyl sites for hydroxylation is 1. The number of allylic oxidation sites excluding steroid dienone is 2. The van der Waals surface area contributed by atoms with E-state index in [0.29, 0.717) is 35.8 Å². The maximum absolute atomic E-state index is 4.71. The van der Waals surface area contributed by atoms with Crippen molar-refractivity contribution in [3.8, 4) is 0 Å². The molecule has 2 N–H and O–H groups in total. The van der Waals surface area contributed by atoms with Gasteiger partial charge in [-0.1, -0.05) is 136 Å². The van der Waals surface area contributed by atoms with E-state index in [-0.39, 0.29) is 0 Å². The van der Waals surface area contributed by atoms with Crippen LogP contribution in [0.3, 0.4) is 0 Å². The van der Waals surface area contributed by atoms with Crippen LogP contribution in [0.2, 0.25) is 0 Å². The summed E-state index contributed by atoms with van der Waals surface area (Å²) < 4.78 is 0. The molecule has 4 aromatic carbocycles. The molecule has 0 aliphatic heterocycles. The topological polar surface area (TPSA) is 24.1 Å². The van der Waals surface area contributed by atoms with Crippen molar-refractivity contribution in [2.75, 3.05) is 0 Å². The summed E-state index contributed by atoms with van der Waals surface area (Å²) in [5, 5.41) is 7.87. The fourth-order valence-electron chi connectivity index (χ4n) is 7.94. The first-order valence-electron chi connectivity index (χ1n) is 17.1. The third-order valence-corrected chi connectivity index (χ3v) is 10.3. The van der Waals surface area contributed by atoms with Gasteiger partial charge in [0.25, 0.3) is 0 Å². The van der Waals surface area contributed by atoms with E-state index in [0.717, 1.165) is 44.9 Å². The molecule has 2 nitrogen and oxygen atoms in total. The second kappa shape index (κ2) is 14.4. The Bertz CT molecular complexity index is 1570. The first kappa shape index (κ1) is 31.0. The Balaban J connectivity index is 1.18. The molecule has 0 bridgehead atoms. The van der Waals surface area contributed by atoms with Gasteiger partial charge in [0.15, 0.2) is 0 Å². The molecule has 2 aliphatic rings. The van der Waals surface area contributed by atoms with Gasteiger partial charge in [0, 0.05) is 23.2 Å². The van der Waals surface area contributed by atoms with Crippen LogP contribution >= 0.6 is 0 Å². The lowest BCUT2D eigenvalue weighted by Gasteiger charge is -2.31. The van der Waals surface area contributed by atoms with Crippen LogP contribution in [0, 0.1) is 23.7 Å². The monoisotopic (exact) mass is 594 g/mol. The maximum Gasteiger partial charge on any atom is 0.0542 e. The van der Waals surface area contributed by atoms with Gasteiger partial charge in [-0.3, -0.25) is 0 Å². The molecule has 0 spiro atoms. The zero-order valence-corrected chi connectivity index (χ0v) is 27.2. The second-order valence-electron chi connectivity index (χ2n) is 13.8. The third-order valence-electron chi connectivity index (χ3n) is 10.3. The predicted octanol–water partition coefficient (Wildman–Crippen LogP) is 9.95. The molecule has 4 aromatic rings. The molecule has 45 heavy (non-hydrogen) atoms. The van der Waals surface area contributed by atoms with E-state index in [1.807, 2.05) is 0 Å². The van der Waals surface area contributed by atoms with E-state index >= 15 is 0 Å². The molecule has 6 atom stereocenters. The normalized spacial score (nSPS) is 20.4. The van der Waals surface area contributed by atoms with Crippen molar-refractivity contribution < 1.29 is 0 Å². The van der Waals surface area contributed by atoms with E-state index in [1.165, 1.54) is 44.8 Å². The standard InChI is InChI=1S/C43H50N2/c1-30(25-38(28-34-15-7-5-8-16-34)32(3)44-42-24-23-36-19-11-13-21-40(36)42)26-39(29-35-17-9-6-10-18-35)33(4)45-43-31(2)27-37-20-12-14-22-41(37)43/h5-22,30-31,38-39,42-45H,3-4,23-29H2,1-2H3. The Morgan fingerprint density at radius 3 is 1.80 bits per heavy atom. The van der Waals surface area contributed by atoms with Gasteiger partial charge in [0.1, 0.15) is 0 Å². The summed E-state index contributed by atoms with van der Waals surface area (Å²) in [7, 11) is 0. The van der Waals surface area contributed by atoms with Gasteiger partial charge in [-0.25, -0.2) is 0 Å². The first-order chi connectivity index (χ1) is 21.9. The molecule has 6 rings (SSSR count). The quantitative estimate of drug-likeness (QED) is 0.152. The zero-order chi connectivity index (χ0) is 31.2. The lowest BCUT2D eigenvalue weighted by atomic mass is 9.81. The number of fused-ring (bicyclic) bond motifs is 2. The second-order valence-corrected chi connectivity index (χ2v) is 13.8. The minimum absolute atomic E-state index is 0.325. The largest absolute Gasteiger partial charge is 0.382 e. The molecule has 6 unspecified atom stereocenters. The molecule has 0 saturated carbocycles. The van der Waals surface area contributed by atoms with Crippen molar-refractivity contribution in [2.45, 2.75) is 70.9 Å². The Hall–Kier alpha value is -4.04. The third kappa shape index (κ3) is 7.61. The van der Waals surface area contributed by atoms with Gasteiger partial charge in [0.2, 0.25) is 0 Å². The van der Waals surface area contributed by atoms with Crippen LogP contribution in [0.5, 0.6) is 0 Å². The van der Waals surface area contributed by atoms with Crippen molar-refractivity contribution in [1.82, 2.24) is 10.6 Å². The van der Waals surface area contributed by atoms with Gasteiger partial charge in [-0.2, -0.15) is 0 Å². The van der Waals surface area contributed by atoms with Crippen molar-refractivity contribution >= 4 is 0 Å². The first-order valence-corrected chi connectivity index (χ1v) is 17.1. The van der Waals surface area contributed by atoms with E-state index < -0.39 is 0 Å². The molecule has 0 radical (unpaired) electrons. The van der Waals surface area contributed by atoms with Gasteiger partial charge in [-0.15, -0.1) is 0 Å². The van der Waals surface area contributed by atoms with Crippen LogP contribution in [0.15, 0.2) is 134 Å². The van der Waals surface area contributed by atoms with Gasteiger partial charge < -0.3 is 10.6 Å². The summed E-state index contributed by atoms with van der Waals surface area (Å²) in [4.78, 5) is 0. The van der Waals surface area contributed by atoms with E-state index in [1.54, 1.807) is 0 Å². The molecule has 0 amide bonds. The molecule has 0 aromatic heterocycles. The van der Waals surface area contributed by atoms with Crippen LogP contribution in [0.25, 0.3) is 0 Å². The smallest absolute Gasteiger partial charge is 0.0542 e. The van der Waals surface area contributed by atoms with Gasteiger partial charge in [0.05, 0.1) is 12.1 Å². The number of nitrogens with one attached hydrogen (secondary N) is 2. The average Bonchev–Trinajstić information content (AvgIpc) is 3.61. The summed E-state index contributed by atoms with van der Waals surface area (Å²) in [5.74, 6) is 1.77. The number of benzene rings is 4. The highest BCUT2D eigenvalue weighted by molar-refractivity contribution is 5.37. The molecule has 2 aliphatic carbocycles. The minimum atomic E-state index is 0.325. The predicted molar refractivity (Wildman–Crippen MR) is 190 cm³/mol. The summed E-state index contributed by atoms with van der Waals surface area (Å²) in [6, 6.07) is 40.4. The SMILES string of the molecule is C=C(NC1CCc2ccccc21)C(Cc1ccccc1)CC(C)CC(Cc1ccccc1)C(=C)NC1c2ccccc2CC1C. The van der Waals surface area contributed by atoms with Crippen LogP contribution < -0.4 is 10.6 Å². The Morgan fingerprint density at radius 2 is 1.18 bits per heavy atom. The maximum atomic E-state index is 4.71. The Labute approximate surface area is 271 Å². The molecule has 2 heteroatoms. The summed E-state index contributed by atoms with van der Waals surface area (Å²) in [5.41, 5.74) is 11.0. The molecule has 0 heterocycles. The summed E-state index contributed by atoms with van der Waals surface area (Å²) in [6.45, 7) is 14.2. The number of rotatable bonds is 14. The number of hydrogen-bond donors (Lipinski definition) is 2. The Morgan fingerprint density at radius 1 is 0.667 bits per heavy atom. The molecule has 0 fully saturated rings. The van der Waals surface area contributed by atoms with Crippen LogP contribution in [-0.2, 0) is 25.7 Å². The highest BCUT2D eigenvalue weighted by atomic mass is 15.0. The fourth-order valence-corrected chi connectivity index (χ4v) is 7.94. The molecule has 232 valence electrons. The van der Waals surface area contributed by atoms with Crippen LogP contribution in [0.1, 0.15) is 78.6 Å². The summed E-state index contributed by atoms with van der Waals surface area (Å²) in [6.07, 6.45) is 7.60. The van der Waals surface area contributed by atoms with Crippen molar-refractivity contribution in [3.63, 3.8) is 0 Å². The summed E-state index contributed by atoms with van der Waals surface area (Å²) >= 11 is 0. The zero-order valence-electron chi connectivity index (χ0n) is 27.2. The molecular weight excluding hydrogens is 544 g/mol. The number of hydrogen-bond acceptors (Lipinski definition) is 2. The van der Waals surface area contributed by atoms with E-state index in [2.05, 4.69) is 140 Å². The molecule has 0 saturated heterocycles. The highest BCUT2D eigenvalue weighted by Crippen LogP contribution is 2.38. The van der Waals surface area contributed by atoms with Crippen molar-refractivity contribution in [3.05, 3.63) is 167 Å². The van der Waals surface area contributed by atoms with E-state index in [4.69, 9.17) is 6.58 Å². The van der Waals surface area contributed by atoms with Crippen molar-refractivity contribution in [1.29, 1.82) is 0 Å². The average molecular weight is 595 g/mol. The van der Waals surface area contributed by atoms with Gasteiger partial charge in [-0.05, 0) is 90.2 Å². The lowest BCUT2D eigenvalue weighted by molar-refractivity contribution is 0.331. The fraction of sp³-hybridized carbons (Fsp3) is 0.349. The minimum Gasteiger partial charge on any atom is -0.382 e. The lowest BCUT2D eigenvalue weighted by Crippen LogP contribution is -2.29.